The standard InChI is InChI=1S/C26H35N5O2/c1-32-18-17-30(21-24-8-5-14-31(24)26-27-12-6-13-28-26)19-22-10-15-29(16-11-22)20-23-7-3-4-9-25(23)33-2/h3-9,12-14,22H,10-11,15-21H2,1-2H3. The Balaban J connectivity index is 1.34. The SMILES string of the molecule is COCCN(Cc1cccn1-c1ncccn1)CC1CCN(Cc2ccccc2OC)CC1. The number of likely N-dealkylation sites (tertiary alicyclic amines) is 1. The van der Waals surface area contributed by atoms with Gasteiger partial charge >= 0.3 is 0 Å². The van der Waals surface area contributed by atoms with Crippen LogP contribution in [0.1, 0.15) is 24.1 Å². The van der Waals surface area contributed by atoms with E-state index in [9.17, 15) is 0 Å². The van der Waals surface area contributed by atoms with Gasteiger partial charge in [0, 0.05) is 63.1 Å². The van der Waals surface area contributed by atoms with E-state index in [4.69, 9.17) is 9.47 Å². The molecule has 4 rings (SSSR count). The zero-order valence-electron chi connectivity index (χ0n) is 19.8. The Kier molecular flexibility index (Phi) is 8.47. The Labute approximate surface area is 197 Å². The molecule has 1 fully saturated rings. The normalized spacial score (nSPS) is 15.2. The van der Waals surface area contributed by atoms with E-state index in [2.05, 4.69) is 48.6 Å². The number of piperidine rings is 1. The number of rotatable bonds is 11. The molecule has 1 aliphatic rings. The summed E-state index contributed by atoms with van der Waals surface area (Å²) < 4.78 is 13.0. The summed E-state index contributed by atoms with van der Waals surface area (Å²) in [5, 5.41) is 0. The van der Waals surface area contributed by atoms with E-state index in [-0.39, 0.29) is 0 Å². The van der Waals surface area contributed by atoms with Crippen LogP contribution in [0.4, 0.5) is 0 Å². The molecule has 0 atom stereocenters. The van der Waals surface area contributed by atoms with Gasteiger partial charge in [-0.3, -0.25) is 14.4 Å². The van der Waals surface area contributed by atoms with Gasteiger partial charge in [0.05, 0.1) is 13.7 Å². The molecule has 7 heteroatoms. The molecular formula is C26H35N5O2. The topological polar surface area (TPSA) is 55.7 Å². The van der Waals surface area contributed by atoms with Crippen molar-refractivity contribution >= 4 is 0 Å². The average Bonchev–Trinajstić information content (AvgIpc) is 3.32. The predicted molar refractivity (Wildman–Crippen MR) is 130 cm³/mol. The molecular weight excluding hydrogens is 414 g/mol. The molecule has 0 N–H and O–H groups in total. The second kappa shape index (κ2) is 11.9. The molecule has 0 radical (unpaired) electrons. The van der Waals surface area contributed by atoms with Crippen molar-refractivity contribution in [2.45, 2.75) is 25.9 Å². The summed E-state index contributed by atoms with van der Waals surface area (Å²) in [7, 11) is 3.52. The molecule has 2 aromatic heterocycles. The summed E-state index contributed by atoms with van der Waals surface area (Å²) in [6.07, 6.45) is 8.03. The highest BCUT2D eigenvalue weighted by atomic mass is 16.5. The molecule has 7 nitrogen and oxygen atoms in total. The summed E-state index contributed by atoms with van der Waals surface area (Å²) in [6.45, 7) is 6.77. The summed E-state index contributed by atoms with van der Waals surface area (Å²) in [5.41, 5.74) is 2.47. The first kappa shape index (κ1) is 23.4. The maximum Gasteiger partial charge on any atom is 0.233 e. The minimum absolute atomic E-state index is 0.687. The quantitative estimate of drug-likeness (QED) is 0.446. The van der Waals surface area contributed by atoms with E-state index in [1.807, 2.05) is 24.4 Å². The van der Waals surface area contributed by atoms with Crippen LogP contribution in [0.15, 0.2) is 61.1 Å². The third-order valence-electron chi connectivity index (χ3n) is 6.41. The van der Waals surface area contributed by atoms with Crippen LogP contribution in [0.25, 0.3) is 5.95 Å². The smallest absolute Gasteiger partial charge is 0.233 e. The fraction of sp³-hybridized carbons (Fsp3) is 0.462. The summed E-state index contributed by atoms with van der Waals surface area (Å²) in [5.74, 6) is 2.39. The zero-order chi connectivity index (χ0) is 22.9. The number of hydrogen-bond donors (Lipinski definition) is 0. The van der Waals surface area contributed by atoms with Gasteiger partial charge in [-0.05, 0) is 56.1 Å². The van der Waals surface area contributed by atoms with Crippen LogP contribution in [-0.4, -0.2) is 71.3 Å². The molecule has 0 amide bonds. The highest BCUT2D eigenvalue weighted by Gasteiger charge is 2.23. The minimum atomic E-state index is 0.687. The Morgan fingerprint density at radius 2 is 1.79 bits per heavy atom. The van der Waals surface area contributed by atoms with Crippen molar-refractivity contribution in [3.05, 3.63) is 72.3 Å². The van der Waals surface area contributed by atoms with E-state index in [0.717, 1.165) is 51.6 Å². The Morgan fingerprint density at radius 1 is 1.00 bits per heavy atom. The number of ether oxygens (including phenoxy) is 2. The number of benzene rings is 1. The molecule has 0 spiro atoms. The lowest BCUT2D eigenvalue weighted by Crippen LogP contribution is -2.39. The summed E-state index contributed by atoms with van der Waals surface area (Å²) in [4.78, 5) is 13.9. The number of hydrogen-bond acceptors (Lipinski definition) is 6. The first-order chi connectivity index (χ1) is 16.3. The van der Waals surface area contributed by atoms with Gasteiger partial charge in [-0.25, -0.2) is 9.97 Å². The van der Waals surface area contributed by atoms with Crippen LogP contribution >= 0.6 is 0 Å². The number of nitrogens with zero attached hydrogens (tertiary/aromatic N) is 5. The monoisotopic (exact) mass is 449 g/mol. The maximum absolute atomic E-state index is 5.53. The van der Waals surface area contributed by atoms with E-state index in [0.29, 0.717) is 11.9 Å². The molecule has 1 saturated heterocycles. The Hall–Kier alpha value is -2.74. The third-order valence-corrected chi connectivity index (χ3v) is 6.41. The second-order valence-electron chi connectivity index (χ2n) is 8.68. The van der Waals surface area contributed by atoms with E-state index in [1.54, 1.807) is 26.6 Å². The van der Waals surface area contributed by atoms with Gasteiger partial charge in [0.2, 0.25) is 5.95 Å². The summed E-state index contributed by atoms with van der Waals surface area (Å²) >= 11 is 0. The van der Waals surface area contributed by atoms with Crippen LogP contribution in [0.5, 0.6) is 5.75 Å². The first-order valence-electron chi connectivity index (χ1n) is 11.8. The van der Waals surface area contributed by atoms with Crippen molar-refractivity contribution in [2.75, 3.05) is 47.0 Å². The fourth-order valence-electron chi connectivity index (χ4n) is 4.61. The maximum atomic E-state index is 5.53. The molecule has 33 heavy (non-hydrogen) atoms. The van der Waals surface area contributed by atoms with Gasteiger partial charge < -0.3 is 9.47 Å². The van der Waals surface area contributed by atoms with Gasteiger partial charge in [-0.2, -0.15) is 0 Å². The average molecular weight is 450 g/mol. The van der Waals surface area contributed by atoms with Gasteiger partial charge in [0.15, 0.2) is 0 Å². The van der Waals surface area contributed by atoms with Crippen LogP contribution in [0.2, 0.25) is 0 Å². The van der Waals surface area contributed by atoms with Gasteiger partial charge in [-0.15, -0.1) is 0 Å². The fourth-order valence-corrected chi connectivity index (χ4v) is 4.61. The molecule has 0 saturated carbocycles. The van der Waals surface area contributed by atoms with Gasteiger partial charge in [0.25, 0.3) is 0 Å². The van der Waals surface area contributed by atoms with E-state index < -0.39 is 0 Å². The van der Waals surface area contributed by atoms with Crippen molar-refractivity contribution in [3.8, 4) is 11.7 Å². The molecule has 0 aliphatic carbocycles. The van der Waals surface area contributed by atoms with Crippen molar-refractivity contribution in [1.29, 1.82) is 0 Å². The van der Waals surface area contributed by atoms with Crippen molar-refractivity contribution in [3.63, 3.8) is 0 Å². The van der Waals surface area contributed by atoms with E-state index in [1.165, 1.54) is 24.1 Å². The Bertz CT molecular complexity index is 970. The summed E-state index contributed by atoms with van der Waals surface area (Å²) in [6, 6.07) is 14.4. The third kappa shape index (κ3) is 6.41. The van der Waals surface area contributed by atoms with Crippen molar-refractivity contribution < 1.29 is 9.47 Å². The highest BCUT2D eigenvalue weighted by molar-refractivity contribution is 5.33. The molecule has 0 bridgehead atoms. The first-order valence-corrected chi connectivity index (χ1v) is 11.8. The zero-order valence-corrected chi connectivity index (χ0v) is 19.8. The van der Waals surface area contributed by atoms with Crippen LogP contribution in [-0.2, 0) is 17.8 Å². The predicted octanol–water partition coefficient (Wildman–Crippen LogP) is 3.64. The highest BCUT2D eigenvalue weighted by Crippen LogP contribution is 2.24. The van der Waals surface area contributed by atoms with Gasteiger partial charge in [0.1, 0.15) is 5.75 Å². The van der Waals surface area contributed by atoms with Crippen molar-refractivity contribution in [1.82, 2.24) is 24.3 Å². The molecule has 3 aromatic rings. The largest absolute Gasteiger partial charge is 0.496 e. The van der Waals surface area contributed by atoms with Crippen LogP contribution in [0.3, 0.4) is 0 Å². The molecule has 0 unspecified atom stereocenters. The lowest BCUT2D eigenvalue weighted by molar-refractivity contribution is 0.105. The van der Waals surface area contributed by atoms with E-state index >= 15 is 0 Å². The number of para-hydroxylation sites is 1. The van der Waals surface area contributed by atoms with Crippen LogP contribution in [0, 0.1) is 5.92 Å². The molecule has 1 aromatic carbocycles. The van der Waals surface area contributed by atoms with Crippen molar-refractivity contribution in [2.24, 2.45) is 5.92 Å². The second-order valence-corrected chi connectivity index (χ2v) is 8.68. The molecule has 176 valence electrons. The number of methoxy groups -OCH3 is 2. The number of aromatic nitrogens is 3. The Morgan fingerprint density at radius 3 is 2.55 bits per heavy atom. The molecule has 3 heterocycles. The lowest BCUT2D eigenvalue weighted by atomic mass is 9.95. The molecule has 1 aliphatic heterocycles. The van der Waals surface area contributed by atoms with Crippen LogP contribution < -0.4 is 4.74 Å². The lowest BCUT2D eigenvalue weighted by Gasteiger charge is -2.35. The van der Waals surface area contributed by atoms with Gasteiger partial charge in [-0.1, -0.05) is 18.2 Å². The minimum Gasteiger partial charge on any atom is -0.496 e.